The Hall–Kier alpha value is -3.63. The molecule has 4 rings (SSSR count). The maximum Gasteiger partial charge on any atom is 0.332 e. The number of thiophene rings is 1. The summed E-state index contributed by atoms with van der Waals surface area (Å²) in [6.45, 7) is 4.75. The Labute approximate surface area is 221 Å². The molecular weight excluding hydrogens is 512 g/mol. The van der Waals surface area contributed by atoms with E-state index in [1.807, 2.05) is 37.4 Å². The van der Waals surface area contributed by atoms with Crippen LogP contribution in [0.1, 0.15) is 25.0 Å². The van der Waals surface area contributed by atoms with Gasteiger partial charge in [0.2, 0.25) is 0 Å². The van der Waals surface area contributed by atoms with Gasteiger partial charge in [-0.15, -0.1) is 23.1 Å². The van der Waals surface area contributed by atoms with Crippen molar-refractivity contribution >= 4 is 45.3 Å². The van der Waals surface area contributed by atoms with Gasteiger partial charge in [-0.25, -0.2) is 9.36 Å². The highest BCUT2D eigenvalue weighted by Crippen LogP contribution is 2.37. The molecule has 0 aliphatic rings. The van der Waals surface area contributed by atoms with Gasteiger partial charge >= 0.3 is 17.6 Å². The van der Waals surface area contributed by atoms with Crippen LogP contribution in [0.3, 0.4) is 0 Å². The highest BCUT2D eigenvalue weighted by molar-refractivity contribution is 7.98. The first kappa shape index (κ1) is 26.4. The summed E-state index contributed by atoms with van der Waals surface area (Å²) < 4.78 is 12.7. The van der Waals surface area contributed by atoms with Gasteiger partial charge in [0.05, 0.1) is 18.5 Å². The third-order valence-corrected chi connectivity index (χ3v) is 7.99. The van der Waals surface area contributed by atoms with E-state index in [2.05, 4.69) is 0 Å². The molecule has 0 aliphatic carbocycles. The Kier molecular flexibility index (Phi) is 7.99. The maximum absolute atomic E-state index is 13.6. The lowest BCUT2D eigenvalue weighted by Crippen LogP contribution is -2.42. The summed E-state index contributed by atoms with van der Waals surface area (Å²) in [6.07, 6.45) is 1.96. The first-order chi connectivity index (χ1) is 17.7. The van der Waals surface area contributed by atoms with E-state index < -0.39 is 29.7 Å². The number of hydrogen-bond acceptors (Lipinski definition) is 8. The molecule has 2 heterocycles. The van der Waals surface area contributed by atoms with E-state index >= 15 is 0 Å². The van der Waals surface area contributed by atoms with E-state index in [1.54, 1.807) is 47.5 Å². The Morgan fingerprint density at radius 1 is 1.03 bits per heavy atom. The van der Waals surface area contributed by atoms with Crippen LogP contribution in [-0.2, 0) is 27.4 Å². The average molecular weight is 539 g/mol. The van der Waals surface area contributed by atoms with Crippen LogP contribution in [0, 0.1) is 6.92 Å². The van der Waals surface area contributed by atoms with E-state index in [1.165, 1.54) is 18.3 Å². The van der Waals surface area contributed by atoms with E-state index in [0.717, 1.165) is 25.5 Å². The predicted molar refractivity (Wildman–Crippen MR) is 146 cm³/mol. The third kappa shape index (κ3) is 5.40. The molecule has 0 unspecified atom stereocenters. The summed E-state index contributed by atoms with van der Waals surface area (Å²) in [7, 11) is 0. The molecule has 0 N–H and O–H groups in total. The van der Waals surface area contributed by atoms with Gasteiger partial charge in [-0.05, 0) is 67.1 Å². The molecule has 0 saturated heterocycles. The number of esters is 2. The van der Waals surface area contributed by atoms with Crippen LogP contribution in [0.2, 0.25) is 0 Å². The minimum absolute atomic E-state index is 0.149. The molecular formula is C27H26N2O6S2. The number of hydrogen-bond donors (Lipinski definition) is 0. The van der Waals surface area contributed by atoms with Crippen molar-refractivity contribution < 1.29 is 19.1 Å². The lowest BCUT2D eigenvalue weighted by molar-refractivity contribution is -0.144. The van der Waals surface area contributed by atoms with Crippen LogP contribution in [-0.4, -0.2) is 33.9 Å². The number of fused-ring (bicyclic) bond motifs is 1. The van der Waals surface area contributed by atoms with Crippen molar-refractivity contribution in [3.8, 4) is 16.2 Å². The highest BCUT2D eigenvalue weighted by atomic mass is 32.2. The summed E-state index contributed by atoms with van der Waals surface area (Å²) in [6, 6.07) is 14.7. The fourth-order valence-corrected chi connectivity index (χ4v) is 6.04. The standard InChI is InChI=1S/C27H26N2O6S2/c1-5-34-22(31)15-28-25(32)23-16(2)24(18-10-12-20(13-11-18)35-17(3)30)37-26(23)29(27(28)33)14-19-8-6-7-9-21(19)36-4/h6-13H,5,14-15H2,1-4H3. The monoisotopic (exact) mass is 538 g/mol. The lowest BCUT2D eigenvalue weighted by atomic mass is 10.1. The van der Waals surface area contributed by atoms with Crippen molar-refractivity contribution in [1.29, 1.82) is 0 Å². The Morgan fingerprint density at radius 3 is 2.38 bits per heavy atom. The van der Waals surface area contributed by atoms with Crippen molar-refractivity contribution in [3.63, 3.8) is 0 Å². The lowest BCUT2D eigenvalue weighted by Gasteiger charge is -2.13. The molecule has 2 aromatic heterocycles. The van der Waals surface area contributed by atoms with Crippen molar-refractivity contribution in [1.82, 2.24) is 9.13 Å². The zero-order valence-corrected chi connectivity index (χ0v) is 22.5. The molecule has 0 saturated carbocycles. The summed E-state index contributed by atoms with van der Waals surface area (Å²) in [5.74, 6) is -0.647. The van der Waals surface area contributed by atoms with Gasteiger partial charge in [0.1, 0.15) is 17.1 Å². The molecule has 0 spiro atoms. The Bertz CT molecular complexity index is 1600. The fraction of sp³-hybridized carbons (Fsp3) is 0.259. The number of rotatable bonds is 8. The molecule has 0 atom stereocenters. The van der Waals surface area contributed by atoms with Gasteiger partial charge in [0.25, 0.3) is 5.56 Å². The summed E-state index contributed by atoms with van der Waals surface area (Å²) in [4.78, 5) is 53.1. The van der Waals surface area contributed by atoms with Gasteiger partial charge < -0.3 is 9.47 Å². The molecule has 37 heavy (non-hydrogen) atoms. The SMILES string of the molecule is CCOC(=O)Cn1c(=O)c2c(C)c(-c3ccc(OC(C)=O)cc3)sc2n(Cc2ccccc2SC)c1=O. The molecule has 0 amide bonds. The second-order valence-corrected chi connectivity index (χ2v) is 10.1. The van der Waals surface area contributed by atoms with Crippen LogP contribution in [0.25, 0.3) is 20.7 Å². The highest BCUT2D eigenvalue weighted by Gasteiger charge is 2.23. The second-order valence-electron chi connectivity index (χ2n) is 8.23. The Morgan fingerprint density at radius 2 is 1.73 bits per heavy atom. The summed E-state index contributed by atoms with van der Waals surface area (Å²) in [5, 5.41) is 0.384. The quantitative estimate of drug-likeness (QED) is 0.186. The van der Waals surface area contributed by atoms with E-state index in [-0.39, 0.29) is 13.2 Å². The molecule has 0 fully saturated rings. The molecule has 4 aromatic rings. The third-order valence-electron chi connectivity index (χ3n) is 5.79. The van der Waals surface area contributed by atoms with Crippen LogP contribution in [0.4, 0.5) is 0 Å². The van der Waals surface area contributed by atoms with Crippen molar-refractivity contribution in [2.45, 2.75) is 38.8 Å². The number of nitrogens with zero attached hydrogens (tertiary/aromatic N) is 2. The predicted octanol–water partition coefficient (Wildman–Crippen LogP) is 4.46. The van der Waals surface area contributed by atoms with Crippen LogP contribution in [0.15, 0.2) is 63.0 Å². The van der Waals surface area contributed by atoms with Crippen molar-refractivity contribution in [2.24, 2.45) is 0 Å². The van der Waals surface area contributed by atoms with Gasteiger partial charge in [-0.1, -0.05) is 18.2 Å². The Balaban J connectivity index is 1.94. The topological polar surface area (TPSA) is 96.6 Å². The maximum atomic E-state index is 13.6. The number of thioether (sulfide) groups is 1. The number of carbonyl (C=O) groups is 2. The largest absolute Gasteiger partial charge is 0.465 e. The van der Waals surface area contributed by atoms with Gasteiger partial charge in [-0.3, -0.25) is 19.0 Å². The fourth-order valence-electron chi connectivity index (χ4n) is 4.13. The number of carbonyl (C=O) groups excluding carboxylic acids is 2. The number of benzene rings is 2. The second kappa shape index (κ2) is 11.2. The van der Waals surface area contributed by atoms with Crippen molar-refractivity contribution in [2.75, 3.05) is 12.9 Å². The van der Waals surface area contributed by atoms with Crippen molar-refractivity contribution in [3.05, 3.63) is 80.5 Å². The van der Waals surface area contributed by atoms with Gasteiger partial charge in [0.15, 0.2) is 0 Å². The van der Waals surface area contributed by atoms with Gasteiger partial charge in [0, 0.05) is 16.7 Å². The summed E-state index contributed by atoms with van der Waals surface area (Å²) >= 11 is 2.91. The van der Waals surface area contributed by atoms with Crippen LogP contribution in [0.5, 0.6) is 5.75 Å². The molecule has 0 bridgehead atoms. The number of aryl methyl sites for hydroxylation is 1. The first-order valence-electron chi connectivity index (χ1n) is 11.6. The normalized spacial score (nSPS) is 11.0. The molecule has 0 aliphatic heterocycles. The van der Waals surface area contributed by atoms with E-state index in [9.17, 15) is 19.2 Å². The van der Waals surface area contributed by atoms with E-state index in [0.29, 0.717) is 21.5 Å². The molecule has 8 nitrogen and oxygen atoms in total. The van der Waals surface area contributed by atoms with Crippen LogP contribution >= 0.6 is 23.1 Å². The first-order valence-corrected chi connectivity index (χ1v) is 13.6. The smallest absolute Gasteiger partial charge is 0.332 e. The molecule has 10 heteroatoms. The minimum Gasteiger partial charge on any atom is -0.465 e. The average Bonchev–Trinajstić information content (AvgIpc) is 3.22. The minimum atomic E-state index is -0.647. The molecule has 192 valence electrons. The van der Waals surface area contributed by atoms with E-state index in [4.69, 9.17) is 9.47 Å². The zero-order valence-electron chi connectivity index (χ0n) is 20.9. The number of aromatic nitrogens is 2. The van der Waals surface area contributed by atoms with Gasteiger partial charge in [-0.2, -0.15) is 0 Å². The zero-order chi connectivity index (χ0) is 26.7. The molecule has 2 aromatic carbocycles. The van der Waals surface area contributed by atoms with Crippen LogP contribution < -0.4 is 16.0 Å². The summed E-state index contributed by atoms with van der Waals surface area (Å²) in [5.41, 5.74) is 1.35. The molecule has 0 radical (unpaired) electrons. The number of ether oxygens (including phenoxy) is 2.